The first-order valence-electron chi connectivity index (χ1n) is 10.2. The minimum atomic E-state index is -0.868. The van der Waals surface area contributed by atoms with E-state index in [0.717, 1.165) is 0 Å². The summed E-state index contributed by atoms with van der Waals surface area (Å²) in [7, 11) is 1.45. The van der Waals surface area contributed by atoms with E-state index in [0.29, 0.717) is 41.5 Å². The minimum Gasteiger partial charge on any atom is -0.496 e. The van der Waals surface area contributed by atoms with Crippen LogP contribution in [0.4, 0.5) is 4.39 Å². The van der Waals surface area contributed by atoms with Crippen molar-refractivity contribution in [3.8, 4) is 17.1 Å². The third-order valence-electron chi connectivity index (χ3n) is 4.83. The summed E-state index contributed by atoms with van der Waals surface area (Å²) in [5, 5.41) is 13.7. The maximum atomic E-state index is 13.1. The van der Waals surface area contributed by atoms with E-state index in [2.05, 4.69) is 15.6 Å². The Morgan fingerprint density at radius 2 is 1.97 bits per heavy atom. The molecule has 0 aliphatic heterocycles. The number of ether oxygens (including phenoxy) is 1. The molecule has 1 amide bonds. The number of alkyl halides is 1. The number of carbonyl (C=O) groups excluding carboxylic acids is 1. The Balaban J connectivity index is 1.83. The van der Waals surface area contributed by atoms with Crippen molar-refractivity contribution < 1.29 is 18.3 Å². The number of nitrogens with one attached hydrogen (secondary N) is 3. The average molecular weight is 493 g/mol. The summed E-state index contributed by atoms with van der Waals surface area (Å²) in [5.74, 6) is 0.422. The Bertz CT molecular complexity index is 1120. The average Bonchev–Trinajstić information content (AvgIpc) is 3.30. The fourth-order valence-electron chi connectivity index (χ4n) is 3.21. The molecular weight excluding hydrogens is 470 g/mol. The molecule has 0 fully saturated rings. The van der Waals surface area contributed by atoms with E-state index in [1.165, 1.54) is 7.11 Å². The molecule has 3 N–H and O–H groups in total. The van der Waals surface area contributed by atoms with Gasteiger partial charge in [-0.2, -0.15) is 0 Å². The highest BCUT2D eigenvalue weighted by atomic mass is 35.5. The first-order valence-corrected chi connectivity index (χ1v) is 10.9. The van der Waals surface area contributed by atoms with Crippen molar-refractivity contribution in [1.82, 2.24) is 15.6 Å². The van der Waals surface area contributed by atoms with Crippen molar-refractivity contribution in [2.24, 2.45) is 0 Å². The highest BCUT2D eigenvalue weighted by molar-refractivity contribution is 6.34. The zero-order valence-corrected chi connectivity index (χ0v) is 19.3. The zero-order valence-electron chi connectivity index (χ0n) is 17.8. The third kappa shape index (κ3) is 6.24. The van der Waals surface area contributed by atoms with E-state index in [1.807, 2.05) is 12.1 Å². The highest BCUT2D eigenvalue weighted by Gasteiger charge is 2.24. The summed E-state index contributed by atoms with van der Waals surface area (Å²) in [6, 6.07) is 11.5. The van der Waals surface area contributed by atoms with Gasteiger partial charge in [0.1, 0.15) is 24.3 Å². The Labute approximate surface area is 200 Å². The molecule has 0 radical (unpaired) electrons. The van der Waals surface area contributed by atoms with E-state index in [-0.39, 0.29) is 22.3 Å². The van der Waals surface area contributed by atoms with Crippen LogP contribution in [0.15, 0.2) is 53.1 Å². The van der Waals surface area contributed by atoms with Crippen LogP contribution in [0.5, 0.6) is 5.75 Å². The third-order valence-corrected chi connectivity index (χ3v) is 5.47. The van der Waals surface area contributed by atoms with Crippen LogP contribution >= 0.6 is 23.2 Å². The van der Waals surface area contributed by atoms with Crippen LogP contribution in [0.3, 0.4) is 0 Å². The van der Waals surface area contributed by atoms with Gasteiger partial charge in [-0.15, -0.1) is 0 Å². The van der Waals surface area contributed by atoms with Crippen LogP contribution < -0.4 is 15.4 Å². The van der Waals surface area contributed by atoms with E-state index in [4.69, 9.17) is 37.8 Å². The quantitative estimate of drug-likeness (QED) is 0.198. The lowest BCUT2D eigenvalue weighted by Crippen LogP contribution is -2.31. The first kappa shape index (κ1) is 24.5. The van der Waals surface area contributed by atoms with Gasteiger partial charge in [0, 0.05) is 12.1 Å². The molecule has 0 bridgehead atoms. The molecule has 174 valence electrons. The summed E-state index contributed by atoms with van der Waals surface area (Å²) in [4.78, 5) is 17.4. The van der Waals surface area contributed by atoms with Crippen molar-refractivity contribution in [2.45, 2.75) is 18.9 Å². The van der Waals surface area contributed by atoms with Gasteiger partial charge in [-0.1, -0.05) is 41.4 Å². The number of carbonyl (C=O) groups is 1. The molecule has 3 rings (SSSR count). The van der Waals surface area contributed by atoms with Crippen LogP contribution in [0.2, 0.25) is 10.0 Å². The van der Waals surface area contributed by atoms with Gasteiger partial charge in [0.05, 0.1) is 28.9 Å². The number of methoxy groups -OCH3 is 1. The predicted molar refractivity (Wildman–Crippen MR) is 126 cm³/mol. The SMILES string of the molecule is COc1cccc(Cl)c1C(=O)NC(CCCNC(=N)CF)c1ncc(-c2ccccc2Cl)o1. The van der Waals surface area contributed by atoms with Crippen molar-refractivity contribution in [3.05, 3.63) is 70.2 Å². The topological polar surface area (TPSA) is 100 Å². The summed E-state index contributed by atoms with van der Waals surface area (Å²) < 4.78 is 23.7. The Hall–Kier alpha value is -3.10. The Morgan fingerprint density at radius 3 is 2.70 bits per heavy atom. The highest BCUT2D eigenvalue weighted by Crippen LogP contribution is 2.31. The second-order valence-electron chi connectivity index (χ2n) is 7.07. The zero-order chi connectivity index (χ0) is 23.8. The molecule has 0 saturated heterocycles. The van der Waals surface area contributed by atoms with Gasteiger partial charge in [-0.25, -0.2) is 9.37 Å². The summed E-state index contributed by atoms with van der Waals surface area (Å²) in [6.45, 7) is -0.518. The van der Waals surface area contributed by atoms with Gasteiger partial charge in [0.2, 0.25) is 5.89 Å². The Morgan fingerprint density at radius 1 is 1.21 bits per heavy atom. The number of amides is 1. The van der Waals surface area contributed by atoms with Crippen LogP contribution in [-0.2, 0) is 0 Å². The molecule has 33 heavy (non-hydrogen) atoms. The van der Waals surface area contributed by atoms with Crippen LogP contribution in [0.25, 0.3) is 11.3 Å². The summed E-state index contributed by atoms with van der Waals surface area (Å²) >= 11 is 12.5. The number of amidine groups is 1. The van der Waals surface area contributed by atoms with E-state index < -0.39 is 18.6 Å². The molecule has 1 unspecified atom stereocenters. The molecule has 2 aromatic carbocycles. The molecule has 1 aromatic heterocycles. The smallest absolute Gasteiger partial charge is 0.257 e. The number of aromatic nitrogens is 1. The van der Waals surface area contributed by atoms with Crippen LogP contribution in [-0.4, -0.2) is 37.1 Å². The summed E-state index contributed by atoms with van der Waals surface area (Å²) in [5.41, 5.74) is 0.871. The fraction of sp³-hybridized carbons (Fsp3) is 0.261. The van der Waals surface area contributed by atoms with Gasteiger partial charge in [0.15, 0.2) is 5.76 Å². The molecule has 0 spiro atoms. The lowest BCUT2D eigenvalue weighted by molar-refractivity contribution is 0.0924. The minimum absolute atomic E-state index is 0.196. The van der Waals surface area contributed by atoms with E-state index >= 15 is 0 Å². The monoisotopic (exact) mass is 492 g/mol. The molecule has 1 heterocycles. The number of rotatable bonds is 10. The molecule has 1 atom stereocenters. The number of benzene rings is 2. The van der Waals surface area contributed by atoms with Gasteiger partial charge in [0.25, 0.3) is 5.91 Å². The first-order chi connectivity index (χ1) is 15.9. The number of oxazole rings is 1. The fourth-order valence-corrected chi connectivity index (χ4v) is 3.69. The Kier molecular flexibility index (Phi) is 8.68. The lowest BCUT2D eigenvalue weighted by atomic mass is 10.1. The molecule has 0 aliphatic rings. The van der Waals surface area contributed by atoms with Gasteiger partial charge < -0.3 is 19.8 Å². The molecular formula is C23H23Cl2FN4O3. The standard InChI is InChI=1S/C23H23Cl2FN4O3/c1-32-18-10-4-8-16(25)21(18)22(31)30-17(9-5-11-28-20(27)12-26)23-29-13-19(33-23)14-6-2-3-7-15(14)24/h2-4,6-8,10,13,17H,5,9,11-12H2,1H3,(H2,27,28)(H,30,31). The van der Waals surface area contributed by atoms with Crippen LogP contribution in [0.1, 0.15) is 35.1 Å². The lowest BCUT2D eigenvalue weighted by Gasteiger charge is -2.18. The normalized spacial score (nSPS) is 11.6. The van der Waals surface area contributed by atoms with Gasteiger partial charge >= 0.3 is 0 Å². The second kappa shape index (κ2) is 11.7. The molecule has 7 nitrogen and oxygen atoms in total. The van der Waals surface area contributed by atoms with Gasteiger partial charge in [-0.05, 0) is 37.1 Å². The maximum Gasteiger partial charge on any atom is 0.257 e. The van der Waals surface area contributed by atoms with Crippen LogP contribution in [0, 0.1) is 5.41 Å². The van der Waals surface area contributed by atoms with Crippen molar-refractivity contribution in [1.29, 1.82) is 5.41 Å². The molecule has 10 heteroatoms. The second-order valence-corrected chi connectivity index (χ2v) is 7.88. The summed E-state index contributed by atoms with van der Waals surface area (Å²) in [6.07, 6.45) is 2.47. The van der Waals surface area contributed by atoms with E-state index in [1.54, 1.807) is 36.5 Å². The number of hydrogen-bond acceptors (Lipinski definition) is 5. The van der Waals surface area contributed by atoms with Crippen molar-refractivity contribution in [3.63, 3.8) is 0 Å². The number of hydrogen-bond donors (Lipinski definition) is 3. The van der Waals surface area contributed by atoms with E-state index in [9.17, 15) is 9.18 Å². The molecule has 3 aromatic rings. The number of halogens is 3. The van der Waals surface area contributed by atoms with Crippen molar-refractivity contribution >= 4 is 34.9 Å². The molecule has 0 saturated carbocycles. The van der Waals surface area contributed by atoms with Crippen molar-refractivity contribution in [2.75, 3.05) is 20.3 Å². The number of nitrogens with zero attached hydrogens (tertiary/aromatic N) is 1. The largest absolute Gasteiger partial charge is 0.496 e. The molecule has 0 aliphatic carbocycles. The maximum absolute atomic E-state index is 13.1. The predicted octanol–water partition coefficient (Wildman–Crippen LogP) is 5.44. The van der Waals surface area contributed by atoms with Gasteiger partial charge in [-0.3, -0.25) is 10.2 Å².